The number of nitrogens with one attached hydrogen (secondary N) is 1. The summed E-state index contributed by atoms with van der Waals surface area (Å²) in [4.78, 5) is 0. The first-order valence-electron chi connectivity index (χ1n) is 3.72. The summed E-state index contributed by atoms with van der Waals surface area (Å²) in [6.07, 6.45) is 0.964. The third-order valence-electron chi connectivity index (χ3n) is 1.49. The number of rotatable bonds is 2. The van der Waals surface area contributed by atoms with Crippen molar-refractivity contribution >= 4 is 5.90 Å². The summed E-state index contributed by atoms with van der Waals surface area (Å²) in [5.74, 6) is 1.30. The lowest BCUT2D eigenvalue weighted by atomic mass is 10.2. The van der Waals surface area contributed by atoms with Crippen LogP contribution in [0.2, 0.25) is 0 Å². The van der Waals surface area contributed by atoms with Crippen LogP contribution >= 0.6 is 0 Å². The first kappa shape index (κ1) is 7.38. The highest BCUT2D eigenvalue weighted by atomic mass is 16.5. The van der Waals surface area contributed by atoms with Crippen LogP contribution in [-0.2, 0) is 4.74 Å². The van der Waals surface area contributed by atoms with Crippen LogP contribution in [0.5, 0.6) is 0 Å². The summed E-state index contributed by atoms with van der Waals surface area (Å²) in [5, 5.41) is 4.00. The molecule has 0 saturated heterocycles. The Morgan fingerprint density at radius 3 is 2.70 bits per heavy atom. The van der Waals surface area contributed by atoms with Gasteiger partial charge in [-0.2, -0.15) is 0 Å². The summed E-state index contributed by atoms with van der Waals surface area (Å²) >= 11 is 0. The molecule has 1 heterocycles. The van der Waals surface area contributed by atoms with Crippen molar-refractivity contribution in [3.8, 4) is 0 Å². The molecule has 1 aliphatic heterocycles. The SMILES string of the molecule is CCC1=NNC(C(C)C)O1. The van der Waals surface area contributed by atoms with E-state index in [1.54, 1.807) is 0 Å². The molecule has 3 heteroatoms. The second kappa shape index (κ2) is 2.90. The molecule has 10 heavy (non-hydrogen) atoms. The van der Waals surface area contributed by atoms with Crippen molar-refractivity contribution in [1.29, 1.82) is 0 Å². The van der Waals surface area contributed by atoms with E-state index in [0.717, 1.165) is 12.3 Å². The Morgan fingerprint density at radius 1 is 1.70 bits per heavy atom. The number of ether oxygens (including phenoxy) is 1. The zero-order chi connectivity index (χ0) is 7.56. The summed E-state index contributed by atoms with van der Waals surface area (Å²) in [6, 6.07) is 0. The van der Waals surface area contributed by atoms with Gasteiger partial charge in [-0.3, -0.25) is 5.43 Å². The number of hydrogen-bond donors (Lipinski definition) is 1. The molecule has 0 aromatic carbocycles. The van der Waals surface area contributed by atoms with Crippen LogP contribution in [0.15, 0.2) is 5.10 Å². The van der Waals surface area contributed by atoms with E-state index in [1.165, 1.54) is 0 Å². The van der Waals surface area contributed by atoms with Gasteiger partial charge < -0.3 is 4.74 Å². The molecule has 1 N–H and O–H groups in total. The Balaban J connectivity index is 2.36. The van der Waals surface area contributed by atoms with Crippen molar-refractivity contribution in [2.24, 2.45) is 11.0 Å². The molecular formula is C7H14N2O. The zero-order valence-corrected chi connectivity index (χ0v) is 6.72. The molecule has 0 bridgehead atoms. The lowest BCUT2D eigenvalue weighted by Gasteiger charge is -2.13. The van der Waals surface area contributed by atoms with Gasteiger partial charge in [-0.1, -0.05) is 20.8 Å². The molecule has 0 fully saturated rings. The van der Waals surface area contributed by atoms with E-state index in [0.29, 0.717) is 5.92 Å². The molecule has 0 spiro atoms. The van der Waals surface area contributed by atoms with Gasteiger partial charge in [0.15, 0.2) is 6.23 Å². The number of nitrogens with zero attached hydrogens (tertiary/aromatic N) is 1. The van der Waals surface area contributed by atoms with Gasteiger partial charge in [0.2, 0.25) is 5.90 Å². The van der Waals surface area contributed by atoms with Crippen molar-refractivity contribution in [2.45, 2.75) is 33.4 Å². The van der Waals surface area contributed by atoms with Crippen molar-refractivity contribution in [2.75, 3.05) is 0 Å². The van der Waals surface area contributed by atoms with Crippen LogP contribution in [-0.4, -0.2) is 12.1 Å². The van der Waals surface area contributed by atoms with Crippen LogP contribution in [0.4, 0.5) is 0 Å². The van der Waals surface area contributed by atoms with Gasteiger partial charge in [0.1, 0.15) is 0 Å². The van der Waals surface area contributed by atoms with Crippen LogP contribution in [0.3, 0.4) is 0 Å². The van der Waals surface area contributed by atoms with Gasteiger partial charge in [-0.25, -0.2) is 0 Å². The van der Waals surface area contributed by atoms with Crippen LogP contribution in [0, 0.1) is 5.92 Å². The Morgan fingerprint density at radius 2 is 2.40 bits per heavy atom. The van der Waals surface area contributed by atoms with Crippen LogP contribution in [0.25, 0.3) is 0 Å². The minimum Gasteiger partial charge on any atom is -0.454 e. The average molecular weight is 142 g/mol. The van der Waals surface area contributed by atoms with E-state index in [9.17, 15) is 0 Å². The van der Waals surface area contributed by atoms with Gasteiger partial charge >= 0.3 is 0 Å². The van der Waals surface area contributed by atoms with E-state index >= 15 is 0 Å². The average Bonchev–Trinajstić information content (AvgIpc) is 2.34. The zero-order valence-electron chi connectivity index (χ0n) is 6.72. The molecular weight excluding hydrogens is 128 g/mol. The lowest BCUT2D eigenvalue weighted by molar-refractivity contribution is 0.133. The number of hydrogen-bond acceptors (Lipinski definition) is 3. The predicted molar refractivity (Wildman–Crippen MR) is 40.6 cm³/mol. The molecule has 0 saturated carbocycles. The van der Waals surface area contributed by atoms with Crippen LogP contribution in [0.1, 0.15) is 27.2 Å². The highest BCUT2D eigenvalue weighted by Gasteiger charge is 2.20. The first-order chi connectivity index (χ1) is 4.74. The minimum atomic E-state index is 0.0925. The molecule has 1 aliphatic rings. The van der Waals surface area contributed by atoms with E-state index < -0.39 is 0 Å². The smallest absolute Gasteiger partial charge is 0.207 e. The molecule has 1 atom stereocenters. The number of hydrazone groups is 1. The monoisotopic (exact) mass is 142 g/mol. The fourth-order valence-corrected chi connectivity index (χ4v) is 0.782. The molecule has 3 nitrogen and oxygen atoms in total. The molecule has 0 aromatic rings. The third kappa shape index (κ3) is 1.40. The summed E-state index contributed by atoms with van der Waals surface area (Å²) in [7, 11) is 0. The lowest BCUT2D eigenvalue weighted by Crippen LogP contribution is -2.27. The highest BCUT2D eigenvalue weighted by Crippen LogP contribution is 2.09. The standard InChI is InChI=1S/C7H14N2O/c1-4-6-8-9-7(10-6)5(2)3/h5,7,9H,4H2,1-3H3. The van der Waals surface area contributed by atoms with E-state index in [2.05, 4.69) is 24.4 Å². The van der Waals surface area contributed by atoms with Crippen molar-refractivity contribution in [3.63, 3.8) is 0 Å². The topological polar surface area (TPSA) is 33.6 Å². The fourth-order valence-electron chi connectivity index (χ4n) is 0.782. The third-order valence-corrected chi connectivity index (χ3v) is 1.49. The minimum absolute atomic E-state index is 0.0925. The quantitative estimate of drug-likeness (QED) is 0.630. The van der Waals surface area contributed by atoms with Gasteiger partial charge in [-0.15, -0.1) is 5.10 Å². The Labute approximate surface area is 61.5 Å². The molecule has 0 radical (unpaired) electrons. The molecule has 0 aromatic heterocycles. The first-order valence-corrected chi connectivity index (χ1v) is 3.72. The van der Waals surface area contributed by atoms with Crippen molar-refractivity contribution in [1.82, 2.24) is 5.43 Å². The van der Waals surface area contributed by atoms with Crippen LogP contribution < -0.4 is 5.43 Å². The second-order valence-electron chi connectivity index (χ2n) is 2.77. The molecule has 58 valence electrons. The summed E-state index contributed by atoms with van der Waals surface area (Å²) < 4.78 is 5.41. The fraction of sp³-hybridized carbons (Fsp3) is 0.857. The maximum atomic E-state index is 5.41. The maximum absolute atomic E-state index is 5.41. The normalized spacial score (nSPS) is 24.0. The van der Waals surface area contributed by atoms with E-state index in [1.807, 2.05) is 6.92 Å². The predicted octanol–water partition coefficient (Wildman–Crippen LogP) is 1.31. The molecule has 0 amide bonds. The Hall–Kier alpha value is -0.730. The van der Waals surface area contributed by atoms with E-state index in [4.69, 9.17) is 4.74 Å². The Kier molecular flexibility index (Phi) is 2.14. The second-order valence-corrected chi connectivity index (χ2v) is 2.77. The van der Waals surface area contributed by atoms with E-state index in [-0.39, 0.29) is 6.23 Å². The molecule has 1 unspecified atom stereocenters. The summed E-state index contributed by atoms with van der Waals surface area (Å²) in [5.41, 5.74) is 2.92. The largest absolute Gasteiger partial charge is 0.454 e. The maximum Gasteiger partial charge on any atom is 0.207 e. The highest BCUT2D eigenvalue weighted by molar-refractivity contribution is 5.76. The van der Waals surface area contributed by atoms with Crippen molar-refractivity contribution < 1.29 is 4.74 Å². The molecule has 1 rings (SSSR count). The van der Waals surface area contributed by atoms with Gasteiger partial charge in [0.05, 0.1) is 0 Å². The van der Waals surface area contributed by atoms with Crippen molar-refractivity contribution in [3.05, 3.63) is 0 Å². The van der Waals surface area contributed by atoms with Gasteiger partial charge in [0, 0.05) is 12.3 Å². The summed E-state index contributed by atoms with van der Waals surface area (Å²) in [6.45, 7) is 6.24. The Bertz CT molecular complexity index is 143. The van der Waals surface area contributed by atoms with Gasteiger partial charge in [0.25, 0.3) is 0 Å². The van der Waals surface area contributed by atoms with Gasteiger partial charge in [-0.05, 0) is 0 Å². The molecule has 0 aliphatic carbocycles.